The topological polar surface area (TPSA) is 70.6 Å². The van der Waals surface area contributed by atoms with E-state index in [0.29, 0.717) is 5.56 Å². The average molecular weight is 525 g/mol. The molecule has 2 aromatic carbocycles. The summed E-state index contributed by atoms with van der Waals surface area (Å²) >= 11 is 0. The van der Waals surface area contributed by atoms with Crippen LogP contribution in [0.25, 0.3) is 0 Å². The summed E-state index contributed by atoms with van der Waals surface area (Å²) in [4.78, 5) is 12.4. The van der Waals surface area contributed by atoms with Crippen LogP contribution in [0, 0.1) is 11.6 Å². The van der Waals surface area contributed by atoms with Gasteiger partial charge in [-0.2, -0.15) is 0 Å². The van der Waals surface area contributed by atoms with Crippen LogP contribution in [0.5, 0.6) is 0 Å². The molecule has 204 valence electrons. The molecule has 2 unspecified atom stereocenters. The summed E-state index contributed by atoms with van der Waals surface area (Å²) in [6, 6.07) is 9.18. The molecular formula is C28H36F4N2O3. The maximum atomic E-state index is 13.8. The Balaban J connectivity index is 1.76. The van der Waals surface area contributed by atoms with Gasteiger partial charge in [-0.15, -0.1) is 0 Å². The molecule has 0 aromatic heterocycles. The zero-order valence-corrected chi connectivity index (χ0v) is 21.9. The summed E-state index contributed by atoms with van der Waals surface area (Å²) in [7, 11) is 0. The monoisotopic (exact) mass is 524 g/mol. The third kappa shape index (κ3) is 7.68. The Kier molecular flexibility index (Phi) is 8.59. The highest BCUT2D eigenvalue weighted by Gasteiger charge is 2.45. The van der Waals surface area contributed by atoms with E-state index in [4.69, 9.17) is 4.74 Å². The van der Waals surface area contributed by atoms with Crippen LogP contribution < -0.4 is 10.6 Å². The fourth-order valence-electron chi connectivity index (χ4n) is 4.20. The molecule has 1 aliphatic carbocycles. The van der Waals surface area contributed by atoms with Gasteiger partial charge in [0.2, 0.25) is 6.43 Å². The van der Waals surface area contributed by atoms with Crippen molar-refractivity contribution in [2.45, 2.75) is 89.0 Å². The number of benzene rings is 2. The van der Waals surface area contributed by atoms with Crippen LogP contribution in [0.1, 0.15) is 64.2 Å². The van der Waals surface area contributed by atoms with E-state index in [2.05, 4.69) is 10.6 Å². The second-order valence-electron chi connectivity index (χ2n) is 11.4. The highest BCUT2D eigenvalue weighted by molar-refractivity contribution is 5.68. The zero-order chi connectivity index (χ0) is 27.6. The van der Waals surface area contributed by atoms with Crippen molar-refractivity contribution in [3.05, 3.63) is 70.8 Å². The van der Waals surface area contributed by atoms with E-state index in [1.165, 1.54) is 13.8 Å². The lowest BCUT2D eigenvalue weighted by Crippen LogP contribution is -2.51. The maximum absolute atomic E-state index is 13.8. The van der Waals surface area contributed by atoms with Crippen LogP contribution >= 0.6 is 0 Å². The lowest BCUT2D eigenvalue weighted by molar-refractivity contribution is 0.0418. The minimum absolute atomic E-state index is 0.0398. The van der Waals surface area contributed by atoms with Crippen molar-refractivity contribution < 1.29 is 32.2 Å². The number of carbonyl (C=O) groups is 1. The highest BCUT2D eigenvalue weighted by atomic mass is 19.3. The summed E-state index contributed by atoms with van der Waals surface area (Å²) in [5.74, 6) is -1.52. The van der Waals surface area contributed by atoms with Crippen molar-refractivity contribution in [1.82, 2.24) is 10.6 Å². The number of aliphatic hydroxyl groups is 1. The van der Waals surface area contributed by atoms with Crippen molar-refractivity contribution in [2.75, 3.05) is 6.54 Å². The first kappa shape index (κ1) is 28.9. The van der Waals surface area contributed by atoms with Crippen LogP contribution in [0.2, 0.25) is 0 Å². The molecule has 1 fully saturated rings. The van der Waals surface area contributed by atoms with Gasteiger partial charge in [-0.05, 0) is 68.9 Å². The van der Waals surface area contributed by atoms with Crippen molar-refractivity contribution >= 4 is 6.09 Å². The SMILES string of the molecule is CC(C)(C)OC(=O)NC(Cc1cc(F)cc(F)c1)C(O)CNC1(c2cccc(C(C)(C)C(F)F)c2)CC1. The van der Waals surface area contributed by atoms with Crippen molar-refractivity contribution in [2.24, 2.45) is 0 Å². The number of hydrogen-bond donors (Lipinski definition) is 3. The molecule has 0 spiro atoms. The predicted octanol–water partition coefficient (Wildman–Crippen LogP) is 5.58. The Hall–Kier alpha value is -2.65. The molecule has 0 radical (unpaired) electrons. The van der Waals surface area contributed by atoms with Crippen LogP contribution in [-0.4, -0.2) is 41.9 Å². The summed E-state index contributed by atoms with van der Waals surface area (Å²) in [5, 5.41) is 17.0. The molecule has 2 atom stereocenters. The van der Waals surface area contributed by atoms with Gasteiger partial charge in [0.05, 0.1) is 17.6 Å². The van der Waals surface area contributed by atoms with E-state index in [1.54, 1.807) is 39.0 Å². The molecule has 0 bridgehead atoms. The van der Waals surface area contributed by atoms with E-state index in [0.717, 1.165) is 36.6 Å². The molecule has 37 heavy (non-hydrogen) atoms. The third-order valence-electron chi connectivity index (χ3n) is 6.65. The standard InChI is InChI=1S/C28H36F4N2O3/c1-26(2,3)37-25(36)34-22(13-17-11-20(29)15-21(30)12-17)23(35)16-33-28(9-10-28)19-8-6-7-18(14-19)27(4,5)24(31)32/h6-8,11-12,14-15,22-24,33,35H,9-10,13,16H2,1-5H3,(H,34,36). The molecule has 0 saturated heterocycles. The van der Waals surface area contributed by atoms with E-state index in [1.807, 2.05) is 6.07 Å². The van der Waals surface area contributed by atoms with E-state index in [9.17, 15) is 27.5 Å². The quantitative estimate of drug-likeness (QED) is 0.355. The molecule has 9 heteroatoms. The third-order valence-corrected chi connectivity index (χ3v) is 6.65. The molecular weight excluding hydrogens is 488 g/mol. The Morgan fingerprint density at radius 3 is 2.22 bits per heavy atom. The Morgan fingerprint density at radius 2 is 1.68 bits per heavy atom. The van der Waals surface area contributed by atoms with Crippen molar-refractivity contribution in [3.8, 4) is 0 Å². The molecule has 5 nitrogen and oxygen atoms in total. The lowest BCUT2D eigenvalue weighted by Gasteiger charge is -2.29. The average Bonchev–Trinajstić information content (AvgIpc) is 3.56. The number of halogens is 4. The summed E-state index contributed by atoms with van der Waals surface area (Å²) in [6.45, 7) is 8.12. The number of ether oxygens (including phenoxy) is 1. The molecule has 0 aliphatic heterocycles. The Bertz CT molecular complexity index is 1080. The van der Waals surface area contributed by atoms with Crippen molar-refractivity contribution in [3.63, 3.8) is 0 Å². The number of hydrogen-bond acceptors (Lipinski definition) is 4. The first-order chi connectivity index (χ1) is 17.1. The molecule has 1 saturated carbocycles. The molecule has 2 aromatic rings. The number of carbonyl (C=O) groups excluding carboxylic acids is 1. The molecule has 3 N–H and O–H groups in total. The molecule has 1 aliphatic rings. The van der Waals surface area contributed by atoms with Gasteiger partial charge in [-0.1, -0.05) is 38.1 Å². The smallest absolute Gasteiger partial charge is 0.407 e. The summed E-state index contributed by atoms with van der Waals surface area (Å²) in [5.41, 5.74) is -0.954. The second-order valence-corrected chi connectivity index (χ2v) is 11.4. The second kappa shape index (κ2) is 11.0. The molecule has 3 rings (SSSR count). The highest BCUT2D eigenvalue weighted by Crippen LogP contribution is 2.46. The van der Waals surface area contributed by atoms with Crippen LogP contribution in [0.4, 0.5) is 22.4 Å². The fraction of sp³-hybridized carbons (Fsp3) is 0.536. The van der Waals surface area contributed by atoms with E-state index in [-0.39, 0.29) is 18.5 Å². The van der Waals surface area contributed by atoms with E-state index < -0.39 is 52.9 Å². The summed E-state index contributed by atoms with van der Waals surface area (Å²) in [6.07, 6.45) is -2.98. The predicted molar refractivity (Wildman–Crippen MR) is 134 cm³/mol. The van der Waals surface area contributed by atoms with Crippen molar-refractivity contribution in [1.29, 1.82) is 0 Å². The number of aliphatic hydroxyl groups excluding tert-OH is 1. The number of amides is 1. The number of nitrogens with one attached hydrogen (secondary N) is 2. The van der Waals surface area contributed by atoms with Gasteiger partial charge in [0.1, 0.15) is 17.2 Å². The van der Waals surface area contributed by atoms with Gasteiger partial charge >= 0.3 is 6.09 Å². The minimum atomic E-state index is -2.53. The zero-order valence-electron chi connectivity index (χ0n) is 21.9. The first-order valence-electron chi connectivity index (χ1n) is 12.4. The Labute approximate surface area is 215 Å². The fourth-order valence-corrected chi connectivity index (χ4v) is 4.20. The number of rotatable bonds is 10. The summed E-state index contributed by atoms with van der Waals surface area (Å²) < 4.78 is 60.0. The molecule has 0 heterocycles. The number of alkyl carbamates (subject to hydrolysis) is 1. The lowest BCUT2D eigenvalue weighted by atomic mass is 9.83. The largest absolute Gasteiger partial charge is 0.444 e. The normalized spacial score (nSPS) is 16.8. The number of alkyl halides is 2. The van der Waals surface area contributed by atoms with Gasteiger partial charge in [0, 0.05) is 18.2 Å². The van der Waals surface area contributed by atoms with Gasteiger partial charge in [0.15, 0.2) is 0 Å². The first-order valence-corrected chi connectivity index (χ1v) is 12.4. The van der Waals surface area contributed by atoms with Crippen LogP contribution in [-0.2, 0) is 22.1 Å². The Morgan fingerprint density at radius 1 is 1.05 bits per heavy atom. The van der Waals surface area contributed by atoms with Gasteiger partial charge in [0.25, 0.3) is 0 Å². The van der Waals surface area contributed by atoms with Crippen LogP contribution in [0.3, 0.4) is 0 Å². The molecule has 1 amide bonds. The van der Waals surface area contributed by atoms with E-state index >= 15 is 0 Å². The van der Waals surface area contributed by atoms with Gasteiger partial charge in [-0.25, -0.2) is 22.4 Å². The minimum Gasteiger partial charge on any atom is -0.444 e. The van der Waals surface area contributed by atoms with Gasteiger partial charge < -0.3 is 20.5 Å². The maximum Gasteiger partial charge on any atom is 0.407 e. The van der Waals surface area contributed by atoms with Crippen LogP contribution in [0.15, 0.2) is 42.5 Å². The van der Waals surface area contributed by atoms with Gasteiger partial charge in [-0.3, -0.25) is 0 Å².